The van der Waals surface area contributed by atoms with Crippen molar-refractivity contribution in [2.24, 2.45) is 4.99 Å². The summed E-state index contributed by atoms with van der Waals surface area (Å²) in [4.78, 5) is 20.0. The van der Waals surface area contributed by atoms with Gasteiger partial charge in [0.05, 0.1) is 23.6 Å². The third-order valence-corrected chi connectivity index (χ3v) is 7.03. The monoisotopic (exact) mass is 508 g/mol. The van der Waals surface area contributed by atoms with Crippen molar-refractivity contribution < 1.29 is 13.2 Å². The molecule has 0 aliphatic carbocycles. The molecule has 0 spiro atoms. The lowest BCUT2D eigenvalue weighted by Gasteiger charge is -2.39. The zero-order valence-corrected chi connectivity index (χ0v) is 19.5. The van der Waals surface area contributed by atoms with Gasteiger partial charge in [-0.3, -0.25) is 4.79 Å². The van der Waals surface area contributed by atoms with Crippen molar-refractivity contribution in [1.29, 1.82) is 0 Å². The number of rotatable bonds is 4. The molecule has 1 aliphatic heterocycles. The number of carbonyl (C=O) groups is 1. The van der Waals surface area contributed by atoms with Crippen molar-refractivity contribution in [2.75, 3.05) is 39.5 Å². The summed E-state index contributed by atoms with van der Waals surface area (Å²) in [5.74, 6) is 0.571. The first-order valence-corrected chi connectivity index (χ1v) is 10.3. The maximum Gasteiger partial charge on any atom is 0.241 e. The molecule has 0 radical (unpaired) electrons. The van der Waals surface area contributed by atoms with E-state index >= 15 is 0 Å². The number of nitrogens with one attached hydrogen (secondary N) is 1. The Balaban J connectivity index is 0.00000364. The molecule has 152 valence electrons. The molecule has 7 nitrogen and oxygen atoms in total. The third-order valence-electron chi connectivity index (χ3n) is 4.49. The first kappa shape index (κ1) is 23.7. The summed E-state index contributed by atoms with van der Waals surface area (Å²) in [6.45, 7) is 4.74. The molecule has 1 aliphatic rings. The van der Waals surface area contributed by atoms with E-state index in [0.29, 0.717) is 25.6 Å². The molecule has 1 heterocycles. The Hall–Kier alpha value is -1.36. The Morgan fingerprint density at radius 2 is 1.89 bits per heavy atom. The number of benzene rings is 1. The van der Waals surface area contributed by atoms with Gasteiger partial charge >= 0.3 is 0 Å². The summed E-state index contributed by atoms with van der Waals surface area (Å²) < 4.78 is 23.7. The van der Waals surface area contributed by atoms with E-state index < -0.39 is 14.6 Å². The Morgan fingerprint density at radius 3 is 2.44 bits per heavy atom. The van der Waals surface area contributed by atoms with E-state index in [-0.39, 0.29) is 42.2 Å². The van der Waals surface area contributed by atoms with Gasteiger partial charge in [0.1, 0.15) is 0 Å². The van der Waals surface area contributed by atoms with Crippen LogP contribution < -0.4 is 5.32 Å². The van der Waals surface area contributed by atoms with Crippen molar-refractivity contribution in [3.63, 3.8) is 0 Å². The minimum absolute atomic E-state index is 0. The smallest absolute Gasteiger partial charge is 0.241 e. The highest BCUT2D eigenvalue weighted by Crippen LogP contribution is 2.23. The first-order chi connectivity index (χ1) is 12.1. The third kappa shape index (κ3) is 6.34. The number of hydrogen-bond acceptors (Lipinski definition) is 4. The molecule has 1 fully saturated rings. The quantitative estimate of drug-likeness (QED) is 0.377. The number of amides is 1. The van der Waals surface area contributed by atoms with E-state index in [1.54, 1.807) is 27.9 Å². The number of nitrogens with zero attached hydrogens (tertiary/aromatic N) is 3. The van der Waals surface area contributed by atoms with E-state index in [1.165, 1.54) is 4.90 Å². The van der Waals surface area contributed by atoms with Crippen LogP contribution in [0, 0.1) is 0 Å². The van der Waals surface area contributed by atoms with E-state index in [4.69, 9.17) is 0 Å². The zero-order chi connectivity index (χ0) is 19.4. The molecule has 0 aromatic heterocycles. The molecule has 1 saturated heterocycles. The highest BCUT2D eigenvalue weighted by atomic mass is 127. The van der Waals surface area contributed by atoms with E-state index in [2.05, 4.69) is 10.3 Å². The van der Waals surface area contributed by atoms with Crippen LogP contribution in [-0.2, 0) is 21.2 Å². The summed E-state index contributed by atoms with van der Waals surface area (Å²) in [7, 11) is 0.253. The second kappa shape index (κ2) is 9.72. The molecular formula is C18H29IN4O3S. The number of hydrogen-bond donors (Lipinski definition) is 1. The molecule has 1 N–H and O–H groups in total. The van der Waals surface area contributed by atoms with Crippen LogP contribution in [0.3, 0.4) is 0 Å². The Kier molecular flexibility index (Phi) is 8.52. The molecule has 1 aromatic rings. The van der Waals surface area contributed by atoms with Crippen molar-refractivity contribution in [3.05, 3.63) is 35.9 Å². The van der Waals surface area contributed by atoms with E-state index in [1.807, 2.05) is 35.2 Å². The van der Waals surface area contributed by atoms with Crippen LogP contribution in [0.2, 0.25) is 0 Å². The second-order valence-corrected chi connectivity index (χ2v) is 10.0. The number of halogens is 1. The average Bonchev–Trinajstić information content (AvgIpc) is 2.58. The number of likely N-dealkylation sites (N-methyl/N-ethyl adjacent to an activating group) is 1. The van der Waals surface area contributed by atoms with Crippen LogP contribution in [0.1, 0.15) is 19.4 Å². The molecule has 0 saturated carbocycles. The number of guanidine groups is 1. The lowest BCUT2D eigenvalue weighted by Crippen LogP contribution is -2.58. The minimum Gasteiger partial charge on any atom is -0.347 e. The van der Waals surface area contributed by atoms with Crippen LogP contribution in [0.4, 0.5) is 0 Å². The molecule has 9 heteroatoms. The standard InChI is InChI=1S/C18H28N4O3S.HI/c1-18(2)14-22(10-11-26(18,24)25)17(20-13-16(23)21(3)4)19-12-15-8-6-5-7-9-15;/h5-9H,10-14H2,1-4H3,(H,19,20);1H. The van der Waals surface area contributed by atoms with Gasteiger partial charge in [-0.25, -0.2) is 13.4 Å². The van der Waals surface area contributed by atoms with Crippen molar-refractivity contribution in [2.45, 2.75) is 25.1 Å². The summed E-state index contributed by atoms with van der Waals surface area (Å²) in [5.41, 5.74) is 1.05. The summed E-state index contributed by atoms with van der Waals surface area (Å²) in [6.07, 6.45) is 0. The number of aliphatic imine (C=N–C) groups is 1. The SMILES string of the molecule is CN(C)C(=O)CNC(=NCc1ccccc1)N1CCS(=O)(=O)C(C)(C)C1.I. The molecule has 1 amide bonds. The fraction of sp³-hybridized carbons (Fsp3) is 0.556. The maximum absolute atomic E-state index is 12.3. The topological polar surface area (TPSA) is 82.1 Å². The molecule has 1 aromatic carbocycles. The first-order valence-electron chi connectivity index (χ1n) is 8.62. The molecule has 2 rings (SSSR count). The normalized spacial score (nSPS) is 18.4. The summed E-state index contributed by atoms with van der Waals surface area (Å²) in [6, 6.07) is 9.81. The molecule has 0 atom stereocenters. The highest BCUT2D eigenvalue weighted by Gasteiger charge is 2.41. The van der Waals surface area contributed by atoms with Gasteiger partial charge < -0.3 is 15.1 Å². The van der Waals surface area contributed by atoms with Gasteiger partial charge in [0.25, 0.3) is 0 Å². The fourth-order valence-corrected chi connectivity index (χ4v) is 4.02. The van der Waals surface area contributed by atoms with Crippen LogP contribution in [0.15, 0.2) is 35.3 Å². The van der Waals surface area contributed by atoms with Gasteiger partial charge in [-0.05, 0) is 19.4 Å². The second-order valence-electron chi connectivity index (χ2n) is 7.27. The Labute approximate surface area is 179 Å². The lowest BCUT2D eigenvalue weighted by atomic mass is 10.2. The largest absolute Gasteiger partial charge is 0.347 e. The minimum atomic E-state index is -3.14. The van der Waals surface area contributed by atoms with Gasteiger partial charge in [-0.1, -0.05) is 30.3 Å². The Bertz CT molecular complexity index is 764. The fourth-order valence-electron chi connectivity index (χ4n) is 2.65. The Morgan fingerprint density at radius 1 is 1.26 bits per heavy atom. The van der Waals surface area contributed by atoms with Gasteiger partial charge in [-0.15, -0.1) is 24.0 Å². The van der Waals surface area contributed by atoms with Crippen LogP contribution >= 0.6 is 24.0 Å². The van der Waals surface area contributed by atoms with Crippen molar-refractivity contribution >= 4 is 45.7 Å². The lowest BCUT2D eigenvalue weighted by molar-refractivity contribution is -0.127. The van der Waals surface area contributed by atoms with Crippen LogP contribution in [0.5, 0.6) is 0 Å². The van der Waals surface area contributed by atoms with Gasteiger partial charge in [-0.2, -0.15) is 0 Å². The molecule has 27 heavy (non-hydrogen) atoms. The number of sulfone groups is 1. The summed E-state index contributed by atoms with van der Waals surface area (Å²) in [5, 5.41) is 3.10. The molecular weight excluding hydrogens is 479 g/mol. The average molecular weight is 508 g/mol. The predicted molar refractivity (Wildman–Crippen MR) is 119 cm³/mol. The highest BCUT2D eigenvalue weighted by molar-refractivity contribution is 14.0. The van der Waals surface area contributed by atoms with E-state index in [9.17, 15) is 13.2 Å². The van der Waals surface area contributed by atoms with Gasteiger partial charge in [0, 0.05) is 27.2 Å². The van der Waals surface area contributed by atoms with Crippen LogP contribution in [0.25, 0.3) is 0 Å². The molecule has 0 bridgehead atoms. The van der Waals surface area contributed by atoms with Gasteiger partial charge in [0.15, 0.2) is 15.8 Å². The zero-order valence-electron chi connectivity index (χ0n) is 16.3. The van der Waals surface area contributed by atoms with Crippen molar-refractivity contribution in [1.82, 2.24) is 15.1 Å². The van der Waals surface area contributed by atoms with Gasteiger partial charge in [0.2, 0.25) is 5.91 Å². The number of carbonyl (C=O) groups excluding carboxylic acids is 1. The molecule has 0 unspecified atom stereocenters. The van der Waals surface area contributed by atoms with Crippen molar-refractivity contribution in [3.8, 4) is 0 Å². The van der Waals surface area contributed by atoms with Crippen LogP contribution in [-0.4, -0.2) is 74.3 Å². The maximum atomic E-state index is 12.3. The predicted octanol–water partition coefficient (Wildman–Crippen LogP) is 1.35. The summed E-state index contributed by atoms with van der Waals surface area (Å²) >= 11 is 0. The van der Waals surface area contributed by atoms with E-state index in [0.717, 1.165) is 5.56 Å².